The van der Waals surface area contributed by atoms with Crippen LogP contribution in [0.25, 0.3) is 0 Å². The number of hydrogen-bond donors (Lipinski definition) is 2. The lowest BCUT2D eigenvalue weighted by molar-refractivity contribution is -0.139. The highest BCUT2D eigenvalue weighted by atomic mass is 16.4. The van der Waals surface area contributed by atoms with Crippen molar-refractivity contribution in [3.63, 3.8) is 0 Å². The van der Waals surface area contributed by atoms with E-state index in [0.29, 0.717) is 6.54 Å². The first-order valence-electron chi connectivity index (χ1n) is 5.18. The van der Waals surface area contributed by atoms with Crippen LogP contribution < -0.4 is 5.32 Å². The Hall–Kier alpha value is -1.35. The van der Waals surface area contributed by atoms with E-state index in [1.807, 2.05) is 18.2 Å². The summed E-state index contributed by atoms with van der Waals surface area (Å²) in [5, 5.41) is 11.7. The van der Waals surface area contributed by atoms with E-state index in [4.69, 9.17) is 5.11 Å². The molecule has 0 aliphatic carbocycles. The molecule has 0 bridgehead atoms. The maximum atomic E-state index is 10.6. The summed E-state index contributed by atoms with van der Waals surface area (Å²) in [6, 6.07) is 7.57. The number of rotatable bonds is 5. The van der Waals surface area contributed by atoms with Crippen LogP contribution in [0.3, 0.4) is 0 Å². The number of carbonyl (C=O) groups is 1. The second-order valence-electron chi connectivity index (χ2n) is 3.56. The van der Waals surface area contributed by atoms with Gasteiger partial charge in [0, 0.05) is 6.54 Å². The van der Waals surface area contributed by atoms with Crippen LogP contribution in [-0.4, -0.2) is 17.1 Å². The fourth-order valence-corrected chi connectivity index (χ4v) is 1.43. The third-order valence-electron chi connectivity index (χ3n) is 2.47. The Balaban J connectivity index is 2.60. The Morgan fingerprint density at radius 2 is 2.00 bits per heavy atom. The van der Waals surface area contributed by atoms with Crippen molar-refractivity contribution in [1.82, 2.24) is 5.32 Å². The standard InChI is InChI=1S/C12H17NO2/c1-3-10-6-4-5-7-11(10)8-13-9(2)12(14)15/h4-7,9,13H,3,8H2,1-2H3,(H,14,15). The van der Waals surface area contributed by atoms with E-state index in [2.05, 4.69) is 18.3 Å². The highest BCUT2D eigenvalue weighted by molar-refractivity contribution is 5.72. The molecule has 3 nitrogen and oxygen atoms in total. The van der Waals surface area contributed by atoms with Gasteiger partial charge < -0.3 is 10.4 Å². The van der Waals surface area contributed by atoms with Crippen molar-refractivity contribution < 1.29 is 9.90 Å². The van der Waals surface area contributed by atoms with Gasteiger partial charge in [-0.05, 0) is 24.5 Å². The summed E-state index contributed by atoms with van der Waals surface area (Å²) in [6.07, 6.45) is 0.972. The lowest BCUT2D eigenvalue weighted by atomic mass is 10.1. The summed E-state index contributed by atoms with van der Waals surface area (Å²) in [5.41, 5.74) is 2.44. The molecule has 1 unspecified atom stereocenters. The molecule has 0 spiro atoms. The zero-order valence-electron chi connectivity index (χ0n) is 9.16. The van der Waals surface area contributed by atoms with Crippen molar-refractivity contribution >= 4 is 5.97 Å². The van der Waals surface area contributed by atoms with Gasteiger partial charge in [-0.1, -0.05) is 31.2 Å². The Morgan fingerprint density at radius 1 is 1.40 bits per heavy atom. The molecule has 1 aromatic rings. The van der Waals surface area contributed by atoms with Crippen LogP contribution in [0.2, 0.25) is 0 Å². The number of aliphatic carboxylic acids is 1. The van der Waals surface area contributed by atoms with Crippen LogP contribution in [0.5, 0.6) is 0 Å². The molecule has 0 amide bonds. The van der Waals surface area contributed by atoms with Gasteiger partial charge in [-0.3, -0.25) is 4.79 Å². The van der Waals surface area contributed by atoms with E-state index in [1.165, 1.54) is 11.1 Å². The molecule has 1 aromatic carbocycles. The monoisotopic (exact) mass is 207 g/mol. The summed E-state index contributed by atoms with van der Waals surface area (Å²) in [4.78, 5) is 10.6. The summed E-state index contributed by atoms with van der Waals surface area (Å²) in [5.74, 6) is -0.816. The number of hydrogen-bond acceptors (Lipinski definition) is 2. The predicted octanol–water partition coefficient (Wildman–Crippen LogP) is 1.81. The largest absolute Gasteiger partial charge is 0.480 e. The fraction of sp³-hybridized carbons (Fsp3) is 0.417. The number of carboxylic acids is 1. The first kappa shape index (κ1) is 11.7. The highest BCUT2D eigenvalue weighted by Gasteiger charge is 2.09. The molecule has 1 atom stereocenters. The molecule has 3 heteroatoms. The zero-order valence-corrected chi connectivity index (χ0v) is 9.16. The van der Waals surface area contributed by atoms with E-state index in [0.717, 1.165) is 6.42 Å². The number of carboxylic acid groups (broad SMARTS) is 1. The molecule has 0 fully saturated rings. The average Bonchev–Trinajstić information content (AvgIpc) is 2.26. The Kier molecular flexibility index (Phi) is 4.31. The molecule has 1 rings (SSSR count). The van der Waals surface area contributed by atoms with Crippen LogP contribution >= 0.6 is 0 Å². The van der Waals surface area contributed by atoms with Gasteiger partial charge in [-0.25, -0.2) is 0 Å². The third-order valence-corrected chi connectivity index (χ3v) is 2.47. The molecule has 0 heterocycles. The molecule has 0 aliphatic rings. The van der Waals surface area contributed by atoms with Gasteiger partial charge in [-0.2, -0.15) is 0 Å². The smallest absolute Gasteiger partial charge is 0.320 e. The zero-order chi connectivity index (χ0) is 11.3. The summed E-state index contributed by atoms with van der Waals surface area (Å²) in [7, 11) is 0. The second-order valence-corrected chi connectivity index (χ2v) is 3.56. The van der Waals surface area contributed by atoms with E-state index < -0.39 is 12.0 Å². The van der Waals surface area contributed by atoms with E-state index in [1.54, 1.807) is 6.92 Å². The lowest BCUT2D eigenvalue weighted by Gasteiger charge is -2.11. The Morgan fingerprint density at radius 3 is 2.53 bits per heavy atom. The molecule has 0 saturated heterocycles. The molecule has 15 heavy (non-hydrogen) atoms. The first-order valence-corrected chi connectivity index (χ1v) is 5.18. The first-order chi connectivity index (χ1) is 7.15. The minimum Gasteiger partial charge on any atom is -0.480 e. The van der Waals surface area contributed by atoms with Crippen molar-refractivity contribution in [1.29, 1.82) is 0 Å². The second kappa shape index (κ2) is 5.51. The molecule has 0 radical (unpaired) electrons. The van der Waals surface area contributed by atoms with Gasteiger partial charge in [0.05, 0.1) is 0 Å². The summed E-state index contributed by atoms with van der Waals surface area (Å²) < 4.78 is 0. The van der Waals surface area contributed by atoms with Gasteiger partial charge in [0.1, 0.15) is 6.04 Å². The van der Waals surface area contributed by atoms with Gasteiger partial charge in [0.25, 0.3) is 0 Å². The van der Waals surface area contributed by atoms with Crippen molar-refractivity contribution in [3.8, 4) is 0 Å². The number of nitrogens with one attached hydrogen (secondary N) is 1. The van der Waals surface area contributed by atoms with Gasteiger partial charge in [0.2, 0.25) is 0 Å². The van der Waals surface area contributed by atoms with E-state index >= 15 is 0 Å². The quantitative estimate of drug-likeness (QED) is 0.774. The topological polar surface area (TPSA) is 49.3 Å². The van der Waals surface area contributed by atoms with Crippen LogP contribution in [0.15, 0.2) is 24.3 Å². The molecule has 2 N–H and O–H groups in total. The van der Waals surface area contributed by atoms with Gasteiger partial charge in [0.15, 0.2) is 0 Å². The predicted molar refractivity (Wildman–Crippen MR) is 59.8 cm³/mol. The summed E-state index contributed by atoms with van der Waals surface area (Å²) >= 11 is 0. The normalized spacial score (nSPS) is 12.4. The molecular weight excluding hydrogens is 190 g/mol. The summed E-state index contributed by atoms with van der Waals surface area (Å²) in [6.45, 7) is 4.35. The molecular formula is C12H17NO2. The molecule has 0 saturated carbocycles. The number of benzene rings is 1. The van der Waals surface area contributed by atoms with Crippen LogP contribution in [0, 0.1) is 0 Å². The maximum Gasteiger partial charge on any atom is 0.320 e. The maximum absolute atomic E-state index is 10.6. The van der Waals surface area contributed by atoms with Crippen molar-refractivity contribution in [2.45, 2.75) is 32.9 Å². The number of aryl methyl sites for hydroxylation is 1. The Bertz CT molecular complexity index is 336. The minimum absolute atomic E-state index is 0.505. The van der Waals surface area contributed by atoms with E-state index in [9.17, 15) is 4.79 Å². The molecule has 82 valence electrons. The van der Waals surface area contributed by atoms with Gasteiger partial charge in [-0.15, -0.1) is 0 Å². The Labute approximate surface area is 90.1 Å². The highest BCUT2D eigenvalue weighted by Crippen LogP contribution is 2.09. The van der Waals surface area contributed by atoms with Crippen molar-refractivity contribution in [2.75, 3.05) is 0 Å². The van der Waals surface area contributed by atoms with Crippen molar-refractivity contribution in [2.24, 2.45) is 0 Å². The van der Waals surface area contributed by atoms with Crippen LogP contribution in [0.1, 0.15) is 25.0 Å². The molecule has 0 aromatic heterocycles. The third kappa shape index (κ3) is 3.36. The van der Waals surface area contributed by atoms with E-state index in [-0.39, 0.29) is 0 Å². The molecule has 0 aliphatic heterocycles. The average molecular weight is 207 g/mol. The van der Waals surface area contributed by atoms with Gasteiger partial charge >= 0.3 is 5.97 Å². The van der Waals surface area contributed by atoms with Crippen LogP contribution in [0.4, 0.5) is 0 Å². The fourth-order valence-electron chi connectivity index (χ4n) is 1.43. The SMILES string of the molecule is CCc1ccccc1CNC(C)C(=O)O. The van der Waals surface area contributed by atoms with Crippen molar-refractivity contribution in [3.05, 3.63) is 35.4 Å². The van der Waals surface area contributed by atoms with Crippen LogP contribution in [-0.2, 0) is 17.8 Å². The minimum atomic E-state index is -0.816. The lowest BCUT2D eigenvalue weighted by Crippen LogP contribution is -2.33.